The lowest BCUT2D eigenvalue weighted by Gasteiger charge is -2.27. The van der Waals surface area contributed by atoms with E-state index in [4.69, 9.17) is 9.47 Å². The van der Waals surface area contributed by atoms with Crippen molar-refractivity contribution < 1.29 is 31.4 Å². The molecule has 0 radical (unpaired) electrons. The first kappa shape index (κ1) is 16.9. The highest BCUT2D eigenvalue weighted by atomic mass is 19.2. The predicted octanol–water partition coefficient (Wildman–Crippen LogP) is 4.73. The van der Waals surface area contributed by atoms with E-state index < -0.39 is 46.5 Å². The Morgan fingerprint density at radius 3 is 1.79 bits per heavy atom. The summed E-state index contributed by atoms with van der Waals surface area (Å²) in [7, 11) is 0. The van der Waals surface area contributed by atoms with Crippen LogP contribution in [0.15, 0.2) is 24.3 Å². The second kappa shape index (κ2) is 6.49. The molecule has 1 saturated heterocycles. The van der Waals surface area contributed by atoms with E-state index in [1.54, 1.807) is 0 Å². The lowest BCUT2D eigenvalue weighted by molar-refractivity contribution is -0.202. The van der Waals surface area contributed by atoms with Crippen molar-refractivity contribution in [2.75, 3.05) is 13.2 Å². The van der Waals surface area contributed by atoms with Crippen LogP contribution in [0.5, 0.6) is 0 Å². The van der Waals surface area contributed by atoms with Crippen LogP contribution in [0.2, 0.25) is 0 Å². The van der Waals surface area contributed by atoms with E-state index in [-0.39, 0.29) is 11.5 Å². The van der Waals surface area contributed by atoms with Gasteiger partial charge in [0.1, 0.15) is 11.6 Å². The Morgan fingerprint density at radius 2 is 1.29 bits per heavy atom. The number of hydrogen-bond acceptors (Lipinski definition) is 2. The number of halogens is 5. The van der Waals surface area contributed by atoms with Gasteiger partial charge in [-0.2, -0.15) is 0 Å². The lowest BCUT2D eigenvalue weighted by Crippen LogP contribution is -2.25. The highest BCUT2D eigenvalue weighted by Gasteiger charge is 2.24. The van der Waals surface area contributed by atoms with Gasteiger partial charge in [-0.15, -0.1) is 0 Å². The van der Waals surface area contributed by atoms with Gasteiger partial charge in [-0.1, -0.05) is 6.92 Å². The molecule has 2 aromatic carbocycles. The molecule has 1 heterocycles. The van der Waals surface area contributed by atoms with Crippen molar-refractivity contribution in [1.82, 2.24) is 0 Å². The molecule has 0 bridgehead atoms. The van der Waals surface area contributed by atoms with Crippen molar-refractivity contribution in [1.29, 1.82) is 0 Å². The van der Waals surface area contributed by atoms with Crippen LogP contribution in [-0.4, -0.2) is 13.2 Å². The Hall–Kier alpha value is -1.99. The first-order chi connectivity index (χ1) is 11.4. The molecular formula is C17H13F5O2. The van der Waals surface area contributed by atoms with Crippen molar-refractivity contribution in [3.05, 3.63) is 58.9 Å². The normalized spacial score (nSPS) is 21.1. The summed E-state index contributed by atoms with van der Waals surface area (Å²) >= 11 is 0. The summed E-state index contributed by atoms with van der Waals surface area (Å²) < 4.78 is 78.9. The van der Waals surface area contributed by atoms with Gasteiger partial charge in [0.15, 0.2) is 23.7 Å². The molecule has 1 aliphatic rings. The second-order valence-corrected chi connectivity index (χ2v) is 5.72. The van der Waals surface area contributed by atoms with Crippen molar-refractivity contribution in [2.24, 2.45) is 5.92 Å². The van der Waals surface area contributed by atoms with Gasteiger partial charge in [-0.25, -0.2) is 22.0 Å². The minimum absolute atomic E-state index is 0.115. The van der Waals surface area contributed by atoms with Crippen LogP contribution in [0, 0.1) is 35.0 Å². The zero-order valence-electron chi connectivity index (χ0n) is 12.6. The van der Waals surface area contributed by atoms with E-state index in [9.17, 15) is 22.0 Å². The molecule has 0 aromatic heterocycles. The molecule has 0 amide bonds. The maximum absolute atomic E-state index is 14.3. The van der Waals surface area contributed by atoms with E-state index in [1.165, 1.54) is 0 Å². The molecule has 0 spiro atoms. The highest BCUT2D eigenvalue weighted by molar-refractivity contribution is 5.65. The van der Waals surface area contributed by atoms with Gasteiger partial charge < -0.3 is 9.47 Å². The Morgan fingerprint density at radius 1 is 0.792 bits per heavy atom. The molecule has 1 fully saturated rings. The van der Waals surface area contributed by atoms with Crippen LogP contribution in [0.3, 0.4) is 0 Å². The summed E-state index contributed by atoms with van der Waals surface area (Å²) in [6, 6.07) is 3.01. The smallest absolute Gasteiger partial charge is 0.194 e. The fourth-order valence-corrected chi connectivity index (χ4v) is 2.50. The molecule has 24 heavy (non-hydrogen) atoms. The quantitative estimate of drug-likeness (QED) is 0.579. The van der Waals surface area contributed by atoms with E-state index in [0.29, 0.717) is 25.3 Å². The molecule has 7 heteroatoms. The SMILES string of the molecule is CC1COC(c2cc(F)c(-c3cc(F)c(F)c(F)c3)c(F)c2)OC1. The highest BCUT2D eigenvalue weighted by Crippen LogP contribution is 2.33. The molecule has 128 valence electrons. The van der Waals surface area contributed by atoms with Crippen LogP contribution in [-0.2, 0) is 9.47 Å². The van der Waals surface area contributed by atoms with Crippen LogP contribution in [0.25, 0.3) is 11.1 Å². The molecule has 1 aliphatic heterocycles. The molecule has 3 rings (SSSR count). The number of hydrogen-bond donors (Lipinski definition) is 0. The number of rotatable bonds is 2. The summed E-state index contributed by atoms with van der Waals surface area (Å²) in [5, 5.41) is 0. The van der Waals surface area contributed by atoms with Gasteiger partial charge >= 0.3 is 0 Å². The van der Waals surface area contributed by atoms with E-state index in [2.05, 4.69) is 0 Å². The molecule has 0 saturated carbocycles. The molecule has 0 aliphatic carbocycles. The van der Waals surface area contributed by atoms with Gasteiger partial charge in [-0.05, 0) is 29.8 Å². The molecular weight excluding hydrogens is 331 g/mol. The maximum atomic E-state index is 14.3. The second-order valence-electron chi connectivity index (χ2n) is 5.72. The number of benzene rings is 2. The monoisotopic (exact) mass is 344 g/mol. The van der Waals surface area contributed by atoms with Gasteiger partial charge in [0.2, 0.25) is 0 Å². The van der Waals surface area contributed by atoms with Crippen molar-refractivity contribution in [3.63, 3.8) is 0 Å². The van der Waals surface area contributed by atoms with Crippen molar-refractivity contribution >= 4 is 0 Å². The molecule has 2 aromatic rings. The first-order valence-corrected chi connectivity index (χ1v) is 7.24. The van der Waals surface area contributed by atoms with Crippen LogP contribution < -0.4 is 0 Å². The van der Waals surface area contributed by atoms with Crippen molar-refractivity contribution in [2.45, 2.75) is 13.2 Å². The van der Waals surface area contributed by atoms with Crippen LogP contribution in [0.4, 0.5) is 22.0 Å². The summed E-state index contributed by atoms with van der Waals surface area (Å²) in [6.45, 7) is 2.66. The predicted molar refractivity (Wildman–Crippen MR) is 75.5 cm³/mol. The molecule has 0 N–H and O–H groups in total. The third-order valence-corrected chi connectivity index (χ3v) is 3.67. The first-order valence-electron chi connectivity index (χ1n) is 7.24. The Labute approximate surface area is 134 Å². The Balaban J connectivity index is 1.99. The van der Waals surface area contributed by atoms with Gasteiger partial charge in [0.25, 0.3) is 0 Å². The third kappa shape index (κ3) is 3.14. The van der Waals surface area contributed by atoms with Crippen LogP contribution in [0.1, 0.15) is 18.8 Å². The fourth-order valence-electron chi connectivity index (χ4n) is 2.50. The van der Waals surface area contributed by atoms with E-state index in [1.807, 2.05) is 6.92 Å². The van der Waals surface area contributed by atoms with Crippen molar-refractivity contribution in [3.8, 4) is 11.1 Å². The largest absolute Gasteiger partial charge is 0.348 e. The average Bonchev–Trinajstić information content (AvgIpc) is 2.52. The summed E-state index contributed by atoms with van der Waals surface area (Å²) in [5.41, 5.74) is -0.975. The van der Waals surface area contributed by atoms with Gasteiger partial charge in [-0.3, -0.25) is 0 Å². The maximum Gasteiger partial charge on any atom is 0.194 e. The summed E-state index contributed by atoms with van der Waals surface area (Å²) in [6.07, 6.45) is -0.916. The summed E-state index contributed by atoms with van der Waals surface area (Å²) in [4.78, 5) is 0. The van der Waals surface area contributed by atoms with E-state index >= 15 is 0 Å². The Bertz CT molecular complexity index is 724. The topological polar surface area (TPSA) is 18.5 Å². The zero-order chi connectivity index (χ0) is 17.4. The minimum atomic E-state index is -1.70. The lowest BCUT2D eigenvalue weighted by atomic mass is 10.0. The summed E-state index contributed by atoms with van der Waals surface area (Å²) in [5.74, 6) is -6.70. The Kier molecular flexibility index (Phi) is 4.56. The average molecular weight is 344 g/mol. The molecule has 0 atom stereocenters. The van der Waals surface area contributed by atoms with Gasteiger partial charge in [0.05, 0.1) is 18.8 Å². The standard InChI is InChI=1S/C17H13F5O2/c1-8-6-23-17(24-7-8)10-4-11(18)15(12(19)5-10)9-2-13(20)16(22)14(21)3-9/h2-5,8,17H,6-7H2,1H3. The third-order valence-electron chi connectivity index (χ3n) is 3.67. The zero-order valence-corrected chi connectivity index (χ0v) is 12.6. The fraction of sp³-hybridized carbons (Fsp3) is 0.294. The van der Waals surface area contributed by atoms with Gasteiger partial charge in [0, 0.05) is 11.5 Å². The molecule has 2 nitrogen and oxygen atoms in total. The van der Waals surface area contributed by atoms with Crippen LogP contribution >= 0.6 is 0 Å². The van der Waals surface area contributed by atoms with E-state index in [0.717, 1.165) is 12.1 Å². The minimum Gasteiger partial charge on any atom is -0.348 e. The molecule has 0 unspecified atom stereocenters. The number of ether oxygens (including phenoxy) is 2.